The lowest BCUT2D eigenvalue weighted by Crippen LogP contribution is -2.42. The maximum absolute atomic E-state index is 8.85. The first kappa shape index (κ1) is 9.98. The van der Waals surface area contributed by atoms with Gasteiger partial charge in [0.1, 0.15) is 0 Å². The highest BCUT2D eigenvalue weighted by atomic mass is 15.2. The zero-order valence-corrected chi connectivity index (χ0v) is 9.13. The topological polar surface area (TPSA) is 27.0 Å². The molecule has 1 aliphatic heterocycles. The Hall–Kier alpha value is -0.550. The molecule has 0 bridgehead atoms. The van der Waals surface area contributed by atoms with Gasteiger partial charge in [-0.15, -0.1) is 0 Å². The SMILES string of the molecule is CC(C#N)N1CCC2(CCCC2)CC1. The van der Waals surface area contributed by atoms with Gasteiger partial charge in [0.25, 0.3) is 0 Å². The fourth-order valence-electron chi connectivity index (χ4n) is 3.09. The van der Waals surface area contributed by atoms with E-state index in [9.17, 15) is 0 Å². The number of piperidine rings is 1. The van der Waals surface area contributed by atoms with Crippen molar-refractivity contribution in [2.75, 3.05) is 13.1 Å². The van der Waals surface area contributed by atoms with E-state index in [1.807, 2.05) is 6.92 Å². The van der Waals surface area contributed by atoms with Crippen molar-refractivity contribution >= 4 is 0 Å². The van der Waals surface area contributed by atoms with E-state index in [1.165, 1.54) is 38.5 Å². The summed E-state index contributed by atoms with van der Waals surface area (Å²) in [6.07, 6.45) is 8.43. The van der Waals surface area contributed by atoms with Gasteiger partial charge in [0, 0.05) is 0 Å². The molecule has 1 atom stereocenters. The second-order valence-corrected chi connectivity index (χ2v) is 5.05. The van der Waals surface area contributed by atoms with Crippen molar-refractivity contribution < 1.29 is 0 Å². The number of nitrogens with zero attached hydrogens (tertiary/aromatic N) is 2. The quantitative estimate of drug-likeness (QED) is 0.638. The number of likely N-dealkylation sites (tertiary alicyclic amines) is 1. The van der Waals surface area contributed by atoms with E-state index in [-0.39, 0.29) is 6.04 Å². The van der Waals surface area contributed by atoms with Crippen LogP contribution in [0.25, 0.3) is 0 Å². The Kier molecular flexibility index (Phi) is 2.78. The molecule has 0 amide bonds. The van der Waals surface area contributed by atoms with Crippen LogP contribution in [0.1, 0.15) is 45.4 Å². The highest BCUT2D eigenvalue weighted by molar-refractivity contribution is 4.95. The van der Waals surface area contributed by atoms with E-state index in [2.05, 4.69) is 11.0 Å². The maximum Gasteiger partial charge on any atom is 0.0949 e. The summed E-state index contributed by atoms with van der Waals surface area (Å²) in [4.78, 5) is 2.34. The second-order valence-electron chi connectivity index (χ2n) is 5.05. The van der Waals surface area contributed by atoms with Gasteiger partial charge in [-0.1, -0.05) is 12.8 Å². The zero-order chi connectivity index (χ0) is 10.0. The molecule has 1 saturated carbocycles. The van der Waals surface area contributed by atoms with Crippen LogP contribution >= 0.6 is 0 Å². The monoisotopic (exact) mass is 192 g/mol. The van der Waals surface area contributed by atoms with E-state index in [0.717, 1.165) is 13.1 Å². The first-order valence-electron chi connectivity index (χ1n) is 5.89. The smallest absolute Gasteiger partial charge is 0.0949 e. The predicted molar refractivity (Wildman–Crippen MR) is 56.8 cm³/mol. The number of hydrogen-bond donors (Lipinski definition) is 0. The number of rotatable bonds is 1. The van der Waals surface area contributed by atoms with E-state index in [1.54, 1.807) is 0 Å². The van der Waals surface area contributed by atoms with Gasteiger partial charge in [-0.3, -0.25) is 4.90 Å². The molecule has 1 unspecified atom stereocenters. The Morgan fingerprint density at radius 2 is 1.71 bits per heavy atom. The Morgan fingerprint density at radius 1 is 1.14 bits per heavy atom. The van der Waals surface area contributed by atoms with Gasteiger partial charge in [0.2, 0.25) is 0 Å². The molecule has 2 heteroatoms. The fraction of sp³-hybridized carbons (Fsp3) is 0.917. The summed E-state index contributed by atoms with van der Waals surface area (Å²) >= 11 is 0. The Balaban J connectivity index is 1.89. The molecule has 1 aliphatic carbocycles. The first-order valence-corrected chi connectivity index (χ1v) is 5.89. The van der Waals surface area contributed by atoms with Crippen molar-refractivity contribution in [2.45, 2.75) is 51.5 Å². The highest BCUT2D eigenvalue weighted by Crippen LogP contribution is 2.46. The van der Waals surface area contributed by atoms with Crippen molar-refractivity contribution in [3.63, 3.8) is 0 Å². The first-order chi connectivity index (χ1) is 6.76. The summed E-state index contributed by atoms with van der Waals surface area (Å²) < 4.78 is 0. The van der Waals surface area contributed by atoms with Gasteiger partial charge in [0.15, 0.2) is 0 Å². The molecule has 0 N–H and O–H groups in total. The van der Waals surface area contributed by atoms with E-state index >= 15 is 0 Å². The van der Waals surface area contributed by atoms with Crippen LogP contribution in [0.4, 0.5) is 0 Å². The van der Waals surface area contributed by atoms with E-state index in [0.29, 0.717) is 5.41 Å². The standard InChI is InChI=1S/C12H20N2/c1-11(10-13)14-8-6-12(7-9-14)4-2-3-5-12/h11H,2-9H2,1H3. The van der Waals surface area contributed by atoms with Crippen molar-refractivity contribution in [2.24, 2.45) is 5.41 Å². The molecule has 0 aromatic heterocycles. The molecule has 78 valence electrons. The summed E-state index contributed by atoms with van der Waals surface area (Å²) in [7, 11) is 0. The highest BCUT2D eigenvalue weighted by Gasteiger charge is 2.37. The third-order valence-electron chi connectivity index (χ3n) is 4.26. The molecule has 2 aliphatic rings. The number of hydrogen-bond acceptors (Lipinski definition) is 2. The molecule has 0 radical (unpaired) electrons. The lowest BCUT2D eigenvalue weighted by atomic mass is 9.77. The van der Waals surface area contributed by atoms with Gasteiger partial charge < -0.3 is 0 Å². The summed E-state index contributed by atoms with van der Waals surface area (Å²) in [5.41, 5.74) is 0.686. The van der Waals surface area contributed by atoms with Crippen molar-refractivity contribution in [3.8, 4) is 6.07 Å². The number of nitriles is 1. The van der Waals surface area contributed by atoms with Crippen molar-refractivity contribution in [1.82, 2.24) is 4.90 Å². The zero-order valence-electron chi connectivity index (χ0n) is 9.13. The van der Waals surface area contributed by atoms with Gasteiger partial charge >= 0.3 is 0 Å². The maximum atomic E-state index is 8.85. The van der Waals surface area contributed by atoms with Crippen LogP contribution in [0.2, 0.25) is 0 Å². The summed E-state index contributed by atoms with van der Waals surface area (Å²) in [6.45, 7) is 4.32. The molecule has 1 heterocycles. The van der Waals surface area contributed by atoms with Crippen LogP contribution < -0.4 is 0 Å². The Morgan fingerprint density at radius 3 is 2.21 bits per heavy atom. The fourth-order valence-corrected chi connectivity index (χ4v) is 3.09. The lowest BCUT2D eigenvalue weighted by molar-refractivity contribution is 0.0966. The minimum Gasteiger partial charge on any atom is -0.288 e. The minimum atomic E-state index is 0.119. The largest absolute Gasteiger partial charge is 0.288 e. The van der Waals surface area contributed by atoms with Crippen LogP contribution in [0.15, 0.2) is 0 Å². The molecule has 2 rings (SSSR count). The van der Waals surface area contributed by atoms with E-state index < -0.39 is 0 Å². The molecule has 14 heavy (non-hydrogen) atoms. The van der Waals surface area contributed by atoms with Crippen molar-refractivity contribution in [3.05, 3.63) is 0 Å². The Labute approximate surface area is 86.9 Å². The molecule has 0 aromatic rings. The lowest BCUT2D eigenvalue weighted by Gasteiger charge is -2.40. The van der Waals surface area contributed by atoms with Crippen molar-refractivity contribution in [1.29, 1.82) is 5.26 Å². The van der Waals surface area contributed by atoms with Gasteiger partial charge in [-0.05, 0) is 51.1 Å². The van der Waals surface area contributed by atoms with Crippen LogP contribution in [0, 0.1) is 16.7 Å². The summed E-state index contributed by atoms with van der Waals surface area (Å²) in [6, 6.07) is 2.46. The third-order valence-corrected chi connectivity index (χ3v) is 4.26. The van der Waals surface area contributed by atoms with Crippen LogP contribution in [0.3, 0.4) is 0 Å². The second kappa shape index (κ2) is 3.90. The normalized spacial score (nSPS) is 28.9. The molecule has 1 spiro atoms. The summed E-state index contributed by atoms with van der Waals surface area (Å²) in [5.74, 6) is 0. The van der Waals surface area contributed by atoms with Gasteiger partial charge in [-0.2, -0.15) is 5.26 Å². The molecule has 2 nitrogen and oxygen atoms in total. The minimum absolute atomic E-state index is 0.119. The third kappa shape index (κ3) is 1.79. The molecule has 0 aromatic carbocycles. The molecular weight excluding hydrogens is 172 g/mol. The summed E-state index contributed by atoms with van der Waals surface area (Å²) in [5, 5.41) is 8.85. The van der Waals surface area contributed by atoms with Gasteiger partial charge in [-0.25, -0.2) is 0 Å². The van der Waals surface area contributed by atoms with Crippen LogP contribution in [-0.2, 0) is 0 Å². The van der Waals surface area contributed by atoms with Gasteiger partial charge in [0.05, 0.1) is 12.1 Å². The average Bonchev–Trinajstić information content (AvgIpc) is 2.67. The molecule has 1 saturated heterocycles. The Bertz CT molecular complexity index is 225. The van der Waals surface area contributed by atoms with Crippen LogP contribution in [0.5, 0.6) is 0 Å². The molecule has 2 fully saturated rings. The average molecular weight is 192 g/mol. The predicted octanol–water partition coefficient (Wildman–Crippen LogP) is 2.55. The molecular formula is C12H20N2. The van der Waals surface area contributed by atoms with E-state index in [4.69, 9.17) is 5.26 Å². The van der Waals surface area contributed by atoms with Crippen LogP contribution in [-0.4, -0.2) is 24.0 Å².